The highest BCUT2D eigenvalue weighted by atomic mass is 16.3. The number of benzene rings is 1. The SMILES string of the molecule is CC1CCCN(c2nc3c(c(=O)[nH]2)CCN(Cc2ccc(O)cc2)C3)C1. The van der Waals surface area contributed by atoms with E-state index in [1.807, 2.05) is 12.1 Å². The number of nitrogens with one attached hydrogen (secondary N) is 1. The number of phenols is 1. The van der Waals surface area contributed by atoms with Gasteiger partial charge in [-0.3, -0.25) is 14.7 Å². The minimum Gasteiger partial charge on any atom is -0.508 e. The standard InChI is InChI=1S/C20H26N4O2/c1-14-3-2-9-24(11-14)20-21-18-13-23(10-8-17(18)19(26)22-20)12-15-4-6-16(25)7-5-15/h4-7,14,25H,2-3,8-13H2,1H3,(H,21,22,26). The summed E-state index contributed by atoms with van der Waals surface area (Å²) < 4.78 is 0. The van der Waals surface area contributed by atoms with Gasteiger partial charge < -0.3 is 10.0 Å². The van der Waals surface area contributed by atoms with Gasteiger partial charge in [-0.25, -0.2) is 4.98 Å². The summed E-state index contributed by atoms with van der Waals surface area (Å²) >= 11 is 0. The fraction of sp³-hybridized carbons (Fsp3) is 0.500. The number of piperidine rings is 1. The van der Waals surface area contributed by atoms with Crippen LogP contribution in [0.2, 0.25) is 0 Å². The van der Waals surface area contributed by atoms with Crippen molar-refractivity contribution in [1.82, 2.24) is 14.9 Å². The Labute approximate surface area is 153 Å². The van der Waals surface area contributed by atoms with Crippen molar-refractivity contribution in [3.63, 3.8) is 0 Å². The van der Waals surface area contributed by atoms with Gasteiger partial charge in [0.15, 0.2) is 0 Å². The van der Waals surface area contributed by atoms with Crippen molar-refractivity contribution >= 4 is 5.95 Å². The zero-order chi connectivity index (χ0) is 18.1. The van der Waals surface area contributed by atoms with Crippen LogP contribution < -0.4 is 10.5 Å². The molecule has 3 heterocycles. The van der Waals surface area contributed by atoms with Gasteiger partial charge in [0, 0.05) is 38.3 Å². The molecule has 1 fully saturated rings. The van der Waals surface area contributed by atoms with E-state index >= 15 is 0 Å². The summed E-state index contributed by atoms with van der Waals surface area (Å²) in [6.07, 6.45) is 3.12. The third kappa shape index (κ3) is 3.60. The molecule has 0 radical (unpaired) electrons. The molecule has 1 aromatic carbocycles. The van der Waals surface area contributed by atoms with Gasteiger partial charge in [0.2, 0.25) is 5.95 Å². The molecule has 0 spiro atoms. The molecule has 6 nitrogen and oxygen atoms in total. The van der Waals surface area contributed by atoms with E-state index in [-0.39, 0.29) is 11.3 Å². The Bertz CT molecular complexity index is 831. The minimum atomic E-state index is 0.0208. The van der Waals surface area contributed by atoms with Crippen LogP contribution in [0.3, 0.4) is 0 Å². The van der Waals surface area contributed by atoms with Crippen molar-refractivity contribution in [3.05, 3.63) is 51.4 Å². The van der Waals surface area contributed by atoms with Crippen LogP contribution in [-0.4, -0.2) is 39.6 Å². The van der Waals surface area contributed by atoms with E-state index in [4.69, 9.17) is 4.98 Å². The number of anilines is 1. The van der Waals surface area contributed by atoms with Gasteiger partial charge in [0.05, 0.1) is 5.69 Å². The highest BCUT2D eigenvalue weighted by Crippen LogP contribution is 2.22. The summed E-state index contributed by atoms with van der Waals surface area (Å²) in [5.74, 6) is 1.65. The quantitative estimate of drug-likeness (QED) is 0.885. The first-order valence-corrected chi connectivity index (χ1v) is 9.46. The molecule has 1 unspecified atom stereocenters. The Balaban J connectivity index is 1.53. The third-order valence-electron chi connectivity index (χ3n) is 5.44. The van der Waals surface area contributed by atoms with E-state index in [1.54, 1.807) is 12.1 Å². The lowest BCUT2D eigenvalue weighted by atomic mass is 10.0. The van der Waals surface area contributed by atoms with Gasteiger partial charge in [-0.15, -0.1) is 0 Å². The molecule has 0 saturated carbocycles. The predicted octanol–water partition coefficient (Wildman–Crippen LogP) is 2.27. The number of hydrogen-bond donors (Lipinski definition) is 2. The van der Waals surface area contributed by atoms with Crippen molar-refractivity contribution < 1.29 is 5.11 Å². The van der Waals surface area contributed by atoms with Crippen LogP contribution in [0, 0.1) is 5.92 Å². The highest BCUT2D eigenvalue weighted by Gasteiger charge is 2.24. The molecule has 2 aliphatic heterocycles. The van der Waals surface area contributed by atoms with Crippen molar-refractivity contribution in [2.24, 2.45) is 5.92 Å². The summed E-state index contributed by atoms with van der Waals surface area (Å²) in [6, 6.07) is 7.31. The van der Waals surface area contributed by atoms with E-state index in [0.29, 0.717) is 12.5 Å². The number of rotatable bonds is 3. The van der Waals surface area contributed by atoms with Crippen LogP contribution in [0.25, 0.3) is 0 Å². The third-order valence-corrected chi connectivity index (χ3v) is 5.44. The van der Waals surface area contributed by atoms with Gasteiger partial charge in [0.1, 0.15) is 5.75 Å². The predicted molar refractivity (Wildman–Crippen MR) is 101 cm³/mol. The molecule has 1 saturated heterocycles. The Morgan fingerprint density at radius 1 is 1.27 bits per heavy atom. The van der Waals surface area contributed by atoms with Crippen molar-refractivity contribution in [3.8, 4) is 5.75 Å². The zero-order valence-electron chi connectivity index (χ0n) is 15.2. The molecule has 138 valence electrons. The van der Waals surface area contributed by atoms with Crippen LogP contribution in [0.4, 0.5) is 5.95 Å². The average Bonchev–Trinajstić information content (AvgIpc) is 2.63. The maximum Gasteiger partial charge on any atom is 0.255 e. The number of fused-ring (bicyclic) bond motifs is 1. The monoisotopic (exact) mass is 354 g/mol. The molecule has 2 aliphatic rings. The number of H-pyrrole nitrogens is 1. The Morgan fingerprint density at radius 2 is 2.08 bits per heavy atom. The Kier molecular flexibility index (Phi) is 4.68. The minimum absolute atomic E-state index is 0.0208. The Hall–Kier alpha value is -2.34. The second-order valence-corrected chi connectivity index (χ2v) is 7.64. The molecule has 2 N–H and O–H groups in total. The molecule has 0 amide bonds. The van der Waals surface area contributed by atoms with Crippen LogP contribution >= 0.6 is 0 Å². The van der Waals surface area contributed by atoms with Crippen LogP contribution in [0.1, 0.15) is 36.6 Å². The maximum absolute atomic E-state index is 12.5. The molecule has 1 aromatic heterocycles. The molecule has 0 aliphatic carbocycles. The van der Waals surface area contributed by atoms with Gasteiger partial charge >= 0.3 is 0 Å². The zero-order valence-corrected chi connectivity index (χ0v) is 15.2. The highest BCUT2D eigenvalue weighted by molar-refractivity contribution is 5.35. The van der Waals surface area contributed by atoms with Crippen molar-refractivity contribution in [1.29, 1.82) is 0 Å². The van der Waals surface area contributed by atoms with Gasteiger partial charge in [0.25, 0.3) is 5.56 Å². The topological polar surface area (TPSA) is 72.5 Å². The van der Waals surface area contributed by atoms with Gasteiger partial charge in [-0.05, 0) is 42.9 Å². The van der Waals surface area contributed by atoms with Crippen LogP contribution in [-0.2, 0) is 19.5 Å². The number of aromatic nitrogens is 2. The normalized spacial score (nSPS) is 20.8. The van der Waals surface area contributed by atoms with E-state index in [2.05, 4.69) is 21.7 Å². The Morgan fingerprint density at radius 3 is 2.85 bits per heavy atom. The van der Waals surface area contributed by atoms with E-state index < -0.39 is 0 Å². The lowest BCUT2D eigenvalue weighted by molar-refractivity contribution is 0.240. The molecule has 4 rings (SSSR count). The van der Waals surface area contributed by atoms with Crippen LogP contribution in [0.15, 0.2) is 29.1 Å². The smallest absolute Gasteiger partial charge is 0.255 e. The summed E-state index contributed by atoms with van der Waals surface area (Å²) in [4.78, 5) is 24.9. The first kappa shape index (κ1) is 17.1. The summed E-state index contributed by atoms with van der Waals surface area (Å²) in [5.41, 5.74) is 2.92. The number of aromatic amines is 1. The number of aromatic hydroxyl groups is 1. The summed E-state index contributed by atoms with van der Waals surface area (Å²) in [6.45, 7) is 6.50. The number of hydrogen-bond acceptors (Lipinski definition) is 5. The second-order valence-electron chi connectivity index (χ2n) is 7.64. The molecular weight excluding hydrogens is 328 g/mol. The maximum atomic E-state index is 12.5. The van der Waals surface area contributed by atoms with E-state index in [0.717, 1.165) is 61.8 Å². The molecule has 2 aromatic rings. The molecule has 26 heavy (non-hydrogen) atoms. The first-order chi connectivity index (χ1) is 12.6. The first-order valence-electron chi connectivity index (χ1n) is 9.46. The fourth-order valence-corrected chi connectivity index (χ4v) is 4.01. The van der Waals surface area contributed by atoms with Gasteiger partial charge in [-0.1, -0.05) is 19.1 Å². The number of nitrogens with zero attached hydrogens (tertiary/aromatic N) is 3. The van der Waals surface area contributed by atoms with Crippen molar-refractivity contribution in [2.45, 2.75) is 39.3 Å². The molecule has 0 bridgehead atoms. The summed E-state index contributed by atoms with van der Waals surface area (Å²) in [5, 5.41) is 9.43. The largest absolute Gasteiger partial charge is 0.508 e. The average molecular weight is 354 g/mol. The summed E-state index contributed by atoms with van der Waals surface area (Å²) in [7, 11) is 0. The lowest BCUT2D eigenvalue weighted by Crippen LogP contribution is -2.39. The van der Waals surface area contributed by atoms with Crippen molar-refractivity contribution in [2.75, 3.05) is 24.5 Å². The number of phenolic OH excluding ortho intramolecular Hbond substituents is 1. The van der Waals surface area contributed by atoms with E-state index in [1.165, 1.54) is 6.42 Å². The second kappa shape index (κ2) is 7.11. The van der Waals surface area contributed by atoms with Gasteiger partial charge in [-0.2, -0.15) is 0 Å². The van der Waals surface area contributed by atoms with Crippen LogP contribution in [0.5, 0.6) is 5.75 Å². The molecule has 6 heteroatoms. The molecular formula is C20H26N4O2. The fourth-order valence-electron chi connectivity index (χ4n) is 4.01. The lowest BCUT2D eigenvalue weighted by Gasteiger charge is -2.33. The molecule has 1 atom stereocenters. The van der Waals surface area contributed by atoms with E-state index in [9.17, 15) is 9.90 Å².